The molecule has 0 amide bonds. The van der Waals surface area contributed by atoms with E-state index in [1.54, 1.807) is 0 Å². The molecule has 4 rings (SSSR count). The molecule has 3 aliphatic carbocycles. The first-order chi connectivity index (χ1) is 9.82. The van der Waals surface area contributed by atoms with Gasteiger partial charge in [0.1, 0.15) is 6.10 Å². The van der Waals surface area contributed by atoms with Crippen LogP contribution in [0.4, 0.5) is 0 Å². The van der Waals surface area contributed by atoms with E-state index in [1.165, 1.54) is 64.2 Å². The molecule has 0 radical (unpaired) electrons. The van der Waals surface area contributed by atoms with Gasteiger partial charge in [-0.2, -0.15) is 0 Å². The summed E-state index contributed by atoms with van der Waals surface area (Å²) in [6.07, 6.45) is 13.2. The number of rotatable bonds is 7. The van der Waals surface area contributed by atoms with Crippen LogP contribution in [0.1, 0.15) is 64.2 Å². The Balaban J connectivity index is 1.49. The van der Waals surface area contributed by atoms with Gasteiger partial charge in [-0.25, -0.2) is 0 Å². The van der Waals surface area contributed by atoms with Crippen LogP contribution in [0.25, 0.3) is 0 Å². The summed E-state index contributed by atoms with van der Waals surface area (Å²) in [5, 5.41) is 0. The molecular formula is C17H28O3. The van der Waals surface area contributed by atoms with Gasteiger partial charge in [-0.1, -0.05) is 25.7 Å². The molecule has 20 heavy (non-hydrogen) atoms. The number of hydrogen-bond donors (Lipinski definition) is 0. The lowest BCUT2D eigenvalue weighted by Crippen LogP contribution is -2.55. The van der Waals surface area contributed by atoms with Gasteiger partial charge in [0.15, 0.2) is 0 Å². The molecule has 4 fully saturated rings. The van der Waals surface area contributed by atoms with Crippen LogP contribution in [-0.2, 0) is 14.2 Å². The second-order valence-electron chi connectivity index (χ2n) is 7.42. The maximum atomic E-state index is 6.59. The quantitative estimate of drug-likeness (QED) is 0.669. The Labute approximate surface area is 122 Å². The van der Waals surface area contributed by atoms with E-state index in [9.17, 15) is 0 Å². The smallest absolute Gasteiger partial charge is 0.104 e. The van der Waals surface area contributed by atoms with Crippen LogP contribution >= 0.6 is 0 Å². The minimum Gasteiger partial charge on any atom is -0.372 e. The Kier molecular flexibility index (Phi) is 3.56. The molecule has 1 heterocycles. The average molecular weight is 280 g/mol. The molecule has 1 saturated heterocycles. The van der Waals surface area contributed by atoms with Gasteiger partial charge in [0, 0.05) is 0 Å². The predicted molar refractivity (Wildman–Crippen MR) is 76.8 cm³/mol. The molecular weight excluding hydrogens is 252 g/mol. The zero-order valence-electron chi connectivity index (χ0n) is 12.6. The summed E-state index contributed by atoms with van der Waals surface area (Å²) in [6.45, 7) is 2.66. The Hall–Kier alpha value is -0.120. The highest BCUT2D eigenvalue weighted by molar-refractivity contribution is 5.08. The third-order valence-electron chi connectivity index (χ3n) is 5.89. The van der Waals surface area contributed by atoms with Crippen LogP contribution in [-0.4, -0.2) is 37.1 Å². The Morgan fingerprint density at radius 1 is 0.800 bits per heavy atom. The van der Waals surface area contributed by atoms with Gasteiger partial charge < -0.3 is 14.2 Å². The molecule has 114 valence electrons. The summed E-state index contributed by atoms with van der Waals surface area (Å²) in [5.41, 5.74) is 0.0331. The van der Waals surface area contributed by atoms with Crippen LogP contribution in [0, 0.1) is 5.92 Å². The lowest BCUT2D eigenvalue weighted by molar-refractivity contribution is -0.208. The molecule has 0 aromatic heterocycles. The van der Waals surface area contributed by atoms with Gasteiger partial charge in [-0.3, -0.25) is 0 Å². The lowest BCUT2D eigenvalue weighted by atomic mass is 9.79. The molecule has 0 bridgehead atoms. The molecule has 4 aliphatic rings. The van der Waals surface area contributed by atoms with Crippen molar-refractivity contribution in [2.45, 2.75) is 81.5 Å². The normalized spacial score (nSPS) is 34.5. The predicted octanol–water partition coefficient (Wildman–Crippen LogP) is 3.45. The molecule has 0 aromatic carbocycles. The van der Waals surface area contributed by atoms with Crippen molar-refractivity contribution in [1.82, 2.24) is 0 Å². The maximum absolute atomic E-state index is 6.59. The minimum atomic E-state index is 0.00431. The van der Waals surface area contributed by atoms with E-state index in [2.05, 4.69) is 0 Å². The Morgan fingerprint density at radius 2 is 1.30 bits per heavy atom. The summed E-state index contributed by atoms with van der Waals surface area (Å²) in [4.78, 5) is 0. The van der Waals surface area contributed by atoms with Crippen LogP contribution in [0.15, 0.2) is 0 Å². The SMILES string of the molecule is C1CCC(OCC2CC2)(C2(OCC3CO3)CCCC2)C1. The largest absolute Gasteiger partial charge is 0.372 e. The molecule has 1 aliphatic heterocycles. The van der Waals surface area contributed by atoms with Crippen LogP contribution in [0.3, 0.4) is 0 Å². The van der Waals surface area contributed by atoms with E-state index in [-0.39, 0.29) is 11.2 Å². The monoisotopic (exact) mass is 280 g/mol. The number of hydrogen-bond acceptors (Lipinski definition) is 3. The van der Waals surface area contributed by atoms with Crippen molar-refractivity contribution in [3.05, 3.63) is 0 Å². The molecule has 0 aromatic rings. The second kappa shape index (κ2) is 5.26. The zero-order valence-corrected chi connectivity index (χ0v) is 12.6. The van der Waals surface area contributed by atoms with Crippen molar-refractivity contribution in [3.63, 3.8) is 0 Å². The fourth-order valence-electron chi connectivity index (χ4n) is 4.33. The molecule has 1 atom stereocenters. The standard InChI is InChI=1S/C17H28O3/c1-2-8-16(7-1,19-11-14-5-6-14)17(9-3-4-10-17)20-13-15-12-18-15/h14-15H,1-13H2. The lowest BCUT2D eigenvalue weighted by Gasteiger charge is -2.46. The third-order valence-corrected chi connectivity index (χ3v) is 5.89. The van der Waals surface area contributed by atoms with Crippen molar-refractivity contribution in [3.8, 4) is 0 Å². The molecule has 0 N–H and O–H groups in total. The van der Waals surface area contributed by atoms with E-state index >= 15 is 0 Å². The fourth-order valence-corrected chi connectivity index (χ4v) is 4.33. The first-order valence-electron chi connectivity index (χ1n) is 8.72. The van der Waals surface area contributed by atoms with Gasteiger partial charge in [0.05, 0.1) is 31.0 Å². The number of epoxide rings is 1. The van der Waals surface area contributed by atoms with Crippen LogP contribution in [0.5, 0.6) is 0 Å². The van der Waals surface area contributed by atoms with Crippen LogP contribution in [0.2, 0.25) is 0 Å². The van der Waals surface area contributed by atoms with Gasteiger partial charge in [-0.05, 0) is 44.4 Å². The summed E-state index contributed by atoms with van der Waals surface area (Å²) in [7, 11) is 0. The van der Waals surface area contributed by atoms with Gasteiger partial charge in [0.25, 0.3) is 0 Å². The second-order valence-corrected chi connectivity index (χ2v) is 7.42. The molecule has 0 spiro atoms. The molecule has 3 saturated carbocycles. The van der Waals surface area contributed by atoms with Crippen molar-refractivity contribution in [2.75, 3.05) is 19.8 Å². The van der Waals surface area contributed by atoms with E-state index in [0.29, 0.717) is 6.10 Å². The third kappa shape index (κ3) is 2.53. The Bertz CT molecular complexity index is 300. The van der Waals surface area contributed by atoms with Crippen molar-refractivity contribution in [2.24, 2.45) is 5.92 Å². The van der Waals surface area contributed by atoms with Gasteiger partial charge in [0.2, 0.25) is 0 Å². The van der Waals surface area contributed by atoms with Crippen molar-refractivity contribution < 1.29 is 14.2 Å². The van der Waals surface area contributed by atoms with Gasteiger partial charge >= 0.3 is 0 Å². The summed E-state index contributed by atoms with van der Waals surface area (Å²) in [6, 6.07) is 0. The minimum absolute atomic E-state index is 0.00431. The topological polar surface area (TPSA) is 31.0 Å². The summed E-state index contributed by atoms with van der Waals surface area (Å²) < 4.78 is 18.4. The zero-order chi connectivity index (χ0) is 13.5. The molecule has 1 unspecified atom stereocenters. The molecule has 3 nitrogen and oxygen atoms in total. The van der Waals surface area contributed by atoms with E-state index in [4.69, 9.17) is 14.2 Å². The van der Waals surface area contributed by atoms with E-state index in [1.807, 2.05) is 0 Å². The summed E-state index contributed by atoms with van der Waals surface area (Å²) >= 11 is 0. The first kappa shape index (κ1) is 13.5. The Morgan fingerprint density at radius 3 is 1.75 bits per heavy atom. The molecule has 3 heteroatoms. The van der Waals surface area contributed by atoms with Crippen LogP contribution < -0.4 is 0 Å². The highest BCUT2D eigenvalue weighted by atomic mass is 16.6. The highest BCUT2D eigenvalue weighted by Gasteiger charge is 2.56. The number of ether oxygens (including phenoxy) is 3. The van der Waals surface area contributed by atoms with E-state index in [0.717, 1.165) is 25.7 Å². The highest BCUT2D eigenvalue weighted by Crippen LogP contribution is 2.52. The average Bonchev–Trinajstić information content (AvgIpc) is 3.38. The fraction of sp³-hybridized carbons (Fsp3) is 1.00. The first-order valence-corrected chi connectivity index (χ1v) is 8.72. The van der Waals surface area contributed by atoms with Crippen molar-refractivity contribution in [1.29, 1.82) is 0 Å². The maximum Gasteiger partial charge on any atom is 0.104 e. The van der Waals surface area contributed by atoms with Crippen molar-refractivity contribution >= 4 is 0 Å². The van der Waals surface area contributed by atoms with E-state index < -0.39 is 0 Å². The summed E-state index contributed by atoms with van der Waals surface area (Å²) in [5.74, 6) is 0.845. The van der Waals surface area contributed by atoms with Gasteiger partial charge in [-0.15, -0.1) is 0 Å².